The summed E-state index contributed by atoms with van der Waals surface area (Å²) in [6.07, 6.45) is 2.07. The van der Waals surface area contributed by atoms with E-state index in [9.17, 15) is 9.18 Å². The first-order chi connectivity index (χ1) is 10.6. The maximum Gasteiger partial charge on any atom is 0.319 e. The third kappa shape index (κ3) is 3.39. The third-order valence-corrected chi connectivity index (χ3v) is 4.23. The molecule has 0 radical (unpaired) electrons. The van der Waals surface area contributed by atoms with Crippen molar-refractivity contribution in [3.8, 4) is 0 Å². The largest absolute Gasteiger partial charge is 0.337 e. The molecule has 1 saturated carbocycles. The van der Waals surface area contributed by atoms with Gasteiger partial charge in [0.05, 0.1) is 0 Å². The Kier molecular flexibility index (Phi) is 4.03. The lowest BCUT2D eigenvalue weighted by molar-refractivity contribution is 0.251. The number of benzene rings is 2. The molecule has 22 heavy (non-hydrogen) atoms. The van der Waals surface area contributed by atoms with Crippen LogP contribution < -0.4 is 10.6 Å². The third-order valence-electron chi connectivity index (χ3n) is 3.98. The Morgan fingerprint density at radius 3 is 2.55 bits per heavy atom. The smallest absolute Gasteiger partial charge is 0.319 e. The van der Waals surface area contributed by atoms with E-state index < -0.39 is 0 Å². The van der Waals surface area contributed by atoms with E-state index in [0.717, 1.165) is 12.8 Å². The Labute approximate surface area is 133 Å². The van der Waals surface area contributed by atoms with Crippen molar-refractivity contribution in [2.45, 2.75) is 18.3 Å². The molecule has 1 fully saturated rings. The normalized spacial score (nSPS) is 15.2. The van der Waals surface area contributed by atoms with Crippen LogP contribution in [-0.2, 0) is 5.41 Å². The number of rotatable bonds is 4. The van der Waals surface area contributed by atoms with Crippen molar-refractivity contribution >= 4 is 23.3 Å². The molecule has 0 saturated heterocycles. The summed E-state index contributed by atoms with van der Waals surface area (Å²) in [6.45, 7) is 0.551. The fourth-order valence-electron chi connectivity index (χ4n) is 2.51. The summed E-state index contributed by atoms with van der Waals surface area (Å²) in [5.74, 6) is -0.377. The van der Waals surface area contributed by atoms with Gasteiger partial charge in [0, 0.05) is 22.7 Å². The van der Waals surface area contributed by atoms with Crippen LogP contribution in [0.4, 0.5) is 14.9 Å². The molecule has 0 aromatic heterocycles. The minimum Gasteiger partial charge on any atom is -0.337 e. The van der Waals surface area contributed by atoms with Gasteiger partial charge in [-0.1, -0.05) is 29.8 Å². The first kappa shape index (κ1) is 14.9. The van der Waals surface area contributed by atoms with Gasteiger partial charge in [0.15, 0.2) is 0 Å². The molecule has 3 nitrogen and oxygen atoms in total. The van der Waals surface area contributed by atoms with Crippen molar-refractivity contribution in [3.63, 3.8) is 0 Å². The highest BCUT2D eigenvalue weighted by Gasteiger charge is 2.44. The minimum atomic E-state index is -0.377. The summed E-state index contributed by atoms with van der Waals surface area (Å²) in [4.78, 5) is 11.9. The Morgan fingerprint density at radius 1 is 1.18 bits per heavy atom. The Balaban J connectivity index is 1.58. The van der Waals surface area contributed by atoms with Gasteiger partial charge < -0.3 is 10.6 Å². The number of urea groups is 1. The zero-order valence-corrected chi connectivity index (χ0v) is 12.7. The number of nitrogens with one attached hydrogen (secondary N) is 2. The molecular weight excluding hydrogens is 303 g/mol. The molecule has 0 unspecified atom stereocenters. The van der Waals surface area contributed by atoms with E-state index in [1.165, 1.54) is 17.7 Å². The fraction of sp³-hybridized carbons (Fsp3) is 0.235. The first-order valence-electron chi connectivity index (χ1n) is 7.14. The number of anilines is 1. The maximum atomic E-state index is 13.1. The second-order valence-electron chi connectivity index (χ2n) is 5.61. The highest BCUT2D eigenvalue weighted by atomic mass is 35.5. The molecule has 1 aliphatic rings. The molecule has 114 valence electrons. The van der Waals surface area contributed by atoms with Crippen LogP contribution in [0.5, 0.6) is 0 Å². The molecule has 3 rings (SSSR count). The summed E-state index contributed by atoms with van der Waals surface area (Å²) in [5.41, 5.74) is 1.63. The maximum absolute atomic E-state index is 13.1. The van der Waals surface area contributed by atoms with Gasteiger partial charge in [-0.2, -0.15) is 0 Å². The standard InChI is InChI=1S/C17H16ClFN2O/c18-13-6-4-12(5-7-13)17(8-9-17)11-20-16(22)21-15-3-1-2-14(19)10-15/h1-7,10H,8-9,11H2,(H2,20,21,22). The molecule has 0 aliphatic heterocycles. The topological polar surface area (TPSA) is 41.1 Å². The van der Waals surface area contributed by atoms with Crippen LogP contribution >= 0.6 is 11.6 Å². The molecule has 1 aliphatic carbocycles. The van der Waals surface area contributed by atoms with Crippen molar-refractivity contribution in [2.75, 3.05) is 11.9 Å². The van der Waals surface area contributed by atoms with Crippen LogP contribution in [0.3, 0.4) is 0 Å². The van der Waals surface area contributed by atoms with E-state index in [0.29, 0.717) is 17.3 Å². The zero-order valence-electron chi connectivity index (χ0n) is 11.9. The van der Waals surface area contributed by atoms with E-state index in [2.05, 4.69) is 10.6 Å². The average molecular weight is 319 g/mol. The van der Waals surface area contributed by atoms with Gasteiger partial charge in [0.1, 0.15) is 5.82 Å². The summed E-state index contributed by atoms with van der Waals surface area (Å²) >= 11 is 5.90. The van der Waals surface area contributed by atoms with Crippen LogP contribution in [0.1, 0.15) is 18.4 Å². The van der Waals surface area contributed by atoms with Crippen LogP contribution in [0.2, 0.25) is 5.02 Å². The first-order valence-corrected chi connectivity index (χ1v) is 7.52. The molecule has 0 bridgehead atoms. The minimum absolute atomic E-state index is 0.00384. The molecule has 2 aromatic carbocycles. The fourth-order valence-corrected chi connectivity index (χ4v) is 2.64. The van der Waals surface area contributed by atoms with Gasteiger partial charge >= 0.3 is 6.03 Å². The quantitative estimate of drug-likeness (QED) is 0.865. The van der Waals surface area contributed by atoms with Crippen molar-refractivity contribution in [1.29, 1.82) is 0 Å². The molecule has 2 N–H and O–H groups in total. The number of carbonyl (C=O) groups excluding carboxylic acids is 1. The monoisotopic (exact) mass is 318 g/mol. The van der Waals surface area contributed by atoms with E-state index in [4.69, 9.17) is 11.6 Å². The van der Waals surface area contributed by atoms with Crippen LogP contribution in [0, 0.1) is 5.82 Å². The van der Waals surface area contributed by atoms with Crippen molar-refractivity contribution in [2.24, 2.45) is 0 Å². The Morgan fingerprint density at radius 2 is 1.91 bits per heavy atom. The van der Waals surface area contributed by atoms with Crippen molar-refractivity contribution in [1.82, 2.24) is 5.32 Å². The molecule has 2 amide bonds. The SMILES string of the molecule is O=C(NCC1(c2ccc(Cl)cc2)CC1)Nc1cccc(F)c1. The predicted molar refractivity (Wildman–Crippen MR) is 85.8 cm³/mol. The summed E-state index contributed by atoms with van der Waals surface area (Å²) in [7, 11) is 0. The zero-order chi connectivity index (χ0) is 15.6. The summed E-state index contributed by atoms with van der Waals surface area (Å²) in [6, 6.07) is 13.2. The number of carbonyl (C=O) groups is 1. The molecule has 0 spiro atoms. The average Bonchev–Trinajstić information content (AvgIpc) is 3.27. The van der Waals surface area contributed by atoms with E-state index in [-0.39, 0.29) is 17.3 Å². The number of halogens is 2. The van der Waals surface area contributed by atoms with Gasteiger partial charge in [-0.3, -0.25) is 0 Å². The lowest BCUT2D eigenvalue weighted by atomic mass is 9.96. The molecular formula is C17H16ClFN2O. The second kappa shape index (κ2) is 5.97. The van der Waals surface area contributed by atoms with Crippen LogP contribution in [0.15, 0.2) is 48.5 Å². The van der Waals surface area contributed by atoms with Gasteiger partial charge in [-0.25, -0.2) is 9.18 Å². The summed E-state index contributed by atoms with van der Waals surface area (Å²) < 4.78 is 13.1. The number of hydrogen-bond donors (Lipinski definition) is 2. The highest BCUT2D eigenvalue weighted by Crippen LogP contribution is 2.47. The van der Waals surface area contributed by atoms with E-state index >= 15 is 0 Å². The molecule has 5 heteroatoms. The van der Waals surface area contributed by atoms with E-state index in [1.54, 1.807) is 12.1 Å². The molecule has 0 heterocycles. The Bertz CT molecular complexity index is 683. The van der Waals surface area contributed by atoms with Gasteiger partial charge in [-0.05, 0) is 48.7 Å². The van der Waals surface area contributed by atoms with Crippen LogP contribution in [0.25, 0.3) is 0 Å². The van der Waals surface area contributed by atoms with E-state index in [1.807, 2.05) is 24.3 Å². The molecule has 2 aromatic rings. The molecule has 0 atom stereocenters. The van der Waals surface area contributed by atoms with Gasteiger partial charge in [-0.15, -0.1) is 0 Å². The van der Waals surface area contributed by atoms with Crippen molar-refractivity contribution < 1.29 is 9.18 Å². The van der Waals surface area contributed by atoms with Gasteiger partial charge in [0.25, 0.3) is 0 Å². The van der Waals surface area contributed by atoms with Crippen molar-refractivity contribution in [3.05, 3.63) is 64.9 Å². The Hall–Kier alpha value is -2.07. The highest BCUT2D eigenvalue weighted by molar-refractivity contribution is 6.30. The van der Waals surface area contributed by atoms with Crippen LogP contribution in [-0.4, -0.2) is 12.6 Å². The summed E-state index contributed by atoms with van der Waals surface area (Å²) in [5, 5.41) is 6.20. The van der Waals surface area contributed by atoms with Gasteiger partial charge in [0.2, 0.25) is 0 Å². The predicted octanol–water partition coefficient (Wildman–Crippen LogP) is 4.33. The number of hydrogen-bond acceptors (Lipinski definition) is 1. The lowest BCUT2D eigenvalue weighted by Crippen LogP contribution is -2.35. The number of amides is 2. The lowest BCUT2D eigenvalue weighted by Gasteiger charge is -2.17. The second-order valence-corrected chi connectivity index (χ2v) is 6.04.